The van der Waals surface area contributed by atoms with E-state index in [1.165, 1.54) is 0 Å². The number of aliphatic hydroxyl groups is 1. The molecule has 0 aromatic heterocycles. The second-order valence-electron chi connectivity index (χ2n) is 1.38. The zero-order chi connectivity index (χ0) is 6.41. The van der Waals surface area contributed by atoms with Gasteiger partial charge in [0.05, 0.1) is 5.88 Å². The van der Waals surface area contributed by atoms with Crippen molar-refractivity contribution >= 4 is 11.6 Å². The van der Waals surface area contributed by atoms with Crippen molar-refractivity contribution in [2.75, 3.05) is 5.88 Å². The number of aliphatic hydroxyl groups excluding tert-OH is 1. The SMILES string of the molecule is CCC(O)C#CCCl. The van der Waals surface area contributed by atoms with Gasteiger partial charge < -0.3 is 5.11 Å². The van der Waals surface area contributed by atoms with E-state index in [9.17, 15) is 0 Å². The summed E-state index contributed by atoms with van der Waals surface area (Å²) in [4.78, 5) is 0. The fourth-order valence-corrected chi connectivity index (χ4v) is 0.336. The first kappa shape index (κ1) is 7.81. The van der Waals surface area contributed by atoms with Gasteiger partial charge in [-0.1, -0.05) is 18.8 Å². The highest BCUT2D eigenvalue weighted by Gasteiger charge is 1.88. The van der Waals surface area contributed by atoms with Crippen LogP contribution in [0.25, 0.3) is 0 Å². The van der Waals surface area contributed by atoms with Crippen LogP contribution in [0.1, 0.15) is 13.3 Å². The minimum Gasteiger partial charge on any atom is -0.380 e. The molecule has 0 heterocycles. The molecule has 0 aliphatic carbocycles. The third-order valence-corrected chi connectivity index (χ3v) is 0.856. The van der Waals surface area contributed by atoms with Crippen molar-refractivity contribution < 1.29 is 5.11 Å². The first-order chi connectivity index (χ1) is 3.81. The Morgan fingerprint density at radius 2 is 2.38 bits per heavy atom. The summed E-state index contributed by atoms with van der Waals surface area (Å²) in [5, 5.41) is 8.76. The summed E-state index contributed by atoms with van der Waals surface area (Å²) in [5.41, 5.74) is 0. The van der Waals surface area contributed by atoms with Gasteiger partial charge in [-0.2, -0.15) is 0 Å². The highest BCUT2D eigenvalue weighted by Crippen LogP contribution is 1.84. The van der Waals surface area contributed by atoms with Crippen LogP contribution in [-0.2, 0) is 0 Å². The molecule has 0 fully saturated rings. The Labute approximate surface area is 54.7 Å². The van der Waals surface area contributed by atoms with Gasteiger partial charge in [0.25, 0.3) is 0 Å². The smallest absolute Gasteiger partial charge is 0.114 e. The normalized spacial score (nSPS) is 11.9. The van der Waals surface area contributed by atoms with Crippen LogP contribution in [0.3, 0.4) is 0 Å². The first-order valence-electron chi connectivity index (χ1n) is 2.53. The molecular formula is C6H9ClO. The van der Waals surface area contributed by atoms with Gasteiger partial charge in [0.2, 0.25) is 0 Å². The average Bonchev–Trinajstić information content (AvgIpc) is 1.83. The molecule has 8 heavy (non-hydrogen) atoms. The van der Waals surface area contributed by atoms with Crippen molar-refractivity contribution in [3.8, 4) is 11.8 Å². The quantitative estimate of drug-likeness (QED) is 0.417. The highest BCUT2D eigenvalue weighted by molar-refractivity contribution is 6.19. The van der Waals surface area contributed by atoms with Gasteiger partial charge >= 0.3 is 0 Å². The maximum absolute atomic E-state index is 8.76. The number of alkyl halides is 1. The van der Waals surface area contributed by atoms with Gasteiger partial charge in [-0.3, -0.25) is 0 Å². The van der Waals surface area contributed by atoms with Crippen molar-refractivity contribution in [2.45, 2.75) is 19.4 Å². The molecule has 1 atom stereocenters. The number of rotatable bonds is 1. The van der Waals surface area contributed by atoms with Crippen LogP contribution in [0.4, 0.5) is 0 Å². The van der Waals surface area contributed by atoms with E-state index in [1.54, 1.807) is 0 Å². The molecule has 1 N–H and O–H groups in total. The number of hydrogen-bond acceptors (Lipinski definition) is 1. The van der Waals surface area contributed by atoms with Crippen LogP contribution in [0.5, 0.6) is 0 Å². The number of hydrogen-bond donors (Lipinski definition) is 1. The number of halogens is 1. The molecule has 0 aromatic rings. The largest absolute Gasteiger partial charge is 0.380 e. The van der Waals surface area contributed by atoms with Crippen molar-refractivity contribution in [2.24, 2.45) is 0 Å². The van der Waals surface area contributed by atoms with Gasteiger partial charge in [-0.15, -0.1) is 11.6 Å². The Morgan fingerprint density at radius 3 is 2.75 bits per heavy atom. The molecule has 0 saturated heterocycles. The summed E-state index contributed by atoms with van der Waals surface area (Å²) in [6, 6.07) is 0. The highest BCUT2D eigenvalue weighted by atomic mass is 35.5. The van der Waals surface area contributed by atoms with E-state index in [-0.39, 0.29) is 0 Å². The van der Waals surface area contributed by atoms with E-state index in [1.807, 2.05) is 6.92 Å². The lowest BCUT2D eigenvalue weighted by atomic mass is 10.3. The minimum absolute atomic E-state index is 0.303. The molecule has 0 saturated carbocycles. The lowest BCUT2D eigenvalue weighted by Crippen LogP contribution is -1.98. The van der Waals surface area contributed by atoms with Gasteiger partial charge in [0, 0.05) is 0 Å². The Kier molecular flexibility index (Phi) is 4.84. The predicted octanol–water partition coefficient (Wildman–Crippen LogP) is 0.999. The Morgan fingerprint density at radius 1 is 1.75 bits per heavy atom. The summed E-state index contributed by atoms with van der Waals surface area (Å²) in [6.07, 6.45) is 0.179. The van der Waals surface area contributed by atoms with Gasteiger partial charge in [0.15, 0.2) is 0 Å². The van der Waals surface area contributed by atoms with Crippen molar-refractivity contribution in [3.63, 3.8) is 0 Å². The summed E-state index contributed by atoms with van der Waals surface area (Å²) >= 11 is 5.22. The van der Waals surface area contributed by atoms with E-state index in [0.29, 0.717) is 12.3 Å². The van der Waals surface area contributed by atoms with Crippen LogP contribution >= 0.6 is 11.6 Å². The van der Waals surface area contributed by atoms with Crippen LogP contribution in [0, 0.1) is 11.8 Å². The zero-order valence-corrected chi connectivity index (χ0v) is 5.57. The topological polar surface area (TPSA) is 20.2 Å². The fourth-order valence-electron chi connectivity index (χ4n) is 0.258. The molecule has 1 nitrogen and oxygen atoms in total. The summed E-state index contributed by atoms with van der Waals surface area (Å²) < 4.78 is 0. The second-order valence-corrected chi connectivity index (χ2v) is 1.65. The van der Waals surface area contributed by atoms with E-state index in [0.717, 1.165) is 0 Å². The maximum atomic E-state index is 8.76. The van der Waals surface area contributed by atoms with Crippen molar-refractivity contribution in [1.29, 1.82) is 0 Å². The van der Waals surface area contributed by atoms with Crippen LogP contribution in [0.2, 0.25) is 0 Å². The van der Waals surface area contributed by atoms with E-state index >= 15 is 0 Å². The standard InChI is InChI=1S/C6H9ClO/c1-2-6(8)4-3-5-7/h6,8H,2,5H2,1H3. The second kappa shape index (κ2) is 4.96. The fraction of sp³-hybridized carbons (Fsp3) is 0.667. The zero-order valence-electron chi connectivity index (χ0n) is 4.82. The first-order valence-corrected chi connectivity index (χ1v) is 3.07. The summed E-state index contributed by atoms with van der Waals surface area (Å²) in [6.45, 7) is 1.87. The molecule has 0 radical (unpaired) electrons. The summed E-state index contributed by atoms with van der Waals surface area (Å²) in [5.74, 6) is 5.42. The Bertz CT molecular complexity index is 101. The van der Waals surface area contributed by atoms with E-state index in [2.05, 4.69) is 11.8 Å². The van der Waals surface area contributed by atoms with Crippen LogP contribution in [-0.4, -0.2) is 17.1 Å². The van der Waals surface area contributed by atoms with E-state index < -0.39 is 6.10 Å². The average molecular weight is 133 g/mol. The molecule has 2 heteroatoms. The third kappa shape index (κ3) is 3.98. The third-order valence-electron chi connectivity index (χ3n) is 0.722. The van der Waals surface area contributed by atoms with Gasteiger partial charge in [-0.05, 0) is 6.42 Å². The molecule has 0 aliphatic heterocycles. The van der Waals surface area contributed by atoms with Gasteiger partial charge in [0.1, 0.15) is 6.10 Å². The van der Waals surface area contributed by atoms with E-state index in [4.69, 9.17) is 16.7 Å². The predicted molar refractivity (Wildman–Crippen MR) is 34.8 cm³/mol. The van der Waals surface area contributed by atoms with Crippen molar-refractivity contribution in [3.05, 3.63) is 0 Å². The molecule has 0 bridgehead atoms. The molecule has 0 spiro atoms. The van der Waals surface area contributed by atoms with Crippen molar-refractivity contribution in [1.82, 2.24) is 0 Å². The molecule has 46 valence electrons. The lowest BCUT2D eigenvalue weighted by Gasteiger charge is -1.92. The van der Waals surface area contributed by atoms with Crippen LogP contribution in [0.15, 0.2) is 0 Å². The molecule has 0 aromatic carbocycles. The summed E-state index contributed by atoms with van der Waals surface area (Å²) in [7, 11) is 0. The Hall–Kier alpha value is -0.190. The lowest BCUT2D eigenvalue weighted by molar-refractivity contribution is 0.228. The molecule has 0 rings (SSSR count). The minimum atomic E-state index is -0.492. The monoisotopic (exact) mass is 132 g/mol. The molecular weight excluding hydrogens is 124 g/mol. The maximum Gasteiger partial charge on any atom is 0.114 e. The molecule has 1 unspecified atom stereocenters. The van der Waals surface area contributed by atoms with Crippen LogP contribution < -0.4 is 0 Å². The molecule has 0 aliphatic rings. The Balaban J connectivity index is 3.35. The molecule has 0 amide bonds. The van der Waals surface area contributed by atoms with Gasteiger partial charge in [-0.25, -0.2) is 0 Å².